The van der Waals surface area contributed by atoms with E-state index in [1.165, 1.54) is 11.1 Å². The maximum absolute atomic E-state index is 5.96. The summed E-state index contributed by atoms with van der Waals surface area (Å²) >= 11 is 3.54. The van der Waals surface area contributed by atoms with Crippen LogP contribution >= 0.6 is 15.9 Å². The number of ether oxygens (including phenoxy) is 1. The van der Waals surface area contributed by atoms with E-state index in [0.29, 0.717) is 6.04 Å². The van der Waals surface area contributed by atoms with Crippen molar-refractivity contribution in [2.75, 3.05) is 6.54 Å². The molecule has 2 rings (SSSR count). The van der Waals surface area contributed by atoms with Crippen LogP contribution in [0.15, 0.2) is 46.9 Å². The maximum atomic E-state index is 5.96. The summed E-state index contributed by atoms with van der Waals surface area (Å²) in [4.78, 5) is 0. The van der Waals surface area contributed by atoms with Crippen LogP contribution in [-0.4, -0.2) is 6.54 Å². The van der Waals surface area contributed by atoms with E-state index in [9.17, 15) is 0 Å². The lowest BCUT2D eigenvalue weighted by Gasteiger charge is -2.14. The molecule has 0 amide bonds. The fourth-order valence-corrected chi connectivity index (χ4v) is 2.66. The van der Waals surface area contributed by atoms with Gasteiger partial charge in [-0.25, -0.2) is 0 Å². The number of benzene rings is 2. The largest absolute Gasteiger partial charge is 0.456 e. The summed E-state index contributed by atoms with van der Waals surface area (Å²) in [5.74, 6) is 1.70. The Morgan fingerprint density at radius 1 is 1.20 bits per heavy atom. The highest BCUT2D eigenvalue weighted by atomic mass is 79.9. The van der Waals surface area contributed by atoms with Gasteiger partial charge in [0.1, 0.15) is 11.5 Å². The van der Waals surface area contributed by atoms with E-state index in [0.717, 1.165) is 22.5 Å². The molecule has 0 bridgehead atoms. The van der Waals surface area contributed by atoms with Crippen LogP contribution in [0.3, 0.4) is 0 Å². The molecule has 2 aromatic carbocycles. The fraction of sp³-hybridized carbons (Fsp3) is 0.294. The van der Waals surface area contributed by atoms with Gasteiger partial charge in [-0.2, -0.15) is 0 Å². The molecule has 0 aliphatic heterocycles. The first kappa shape index (κ1) is 15.1. The topological polar surface area (TPSA) is 21.3 Å². The van der Waals surface area contributed by atoms with Gasteiger partial charge in [-0.3, -0.25) is 0 Å². The Balaban J connectivity index is 2.19. The first-order chi connectivity index (χ1) is 9.60. The Labute approximate surface area is 129 Å². The fourth-order valence-electron chi connectivity index (χ4n) is 2.09. The summed E-state index contributed by atoms with van der Waals surface area (Å²) < 4.78 is 6.93. The van der Waals surface area contributed by atoms with Crippen molar-refractivity contribution in [1.82, 2.24) is 5.32 Å². The summed E-state index contributed by atoms with van der Waals surface area (Å²) in [6, 6.07) is 14.6. The lowest BCUT2D eigenvalue weighted by atomic mass is 10.1. The van der Waals surface area contributed by atoms with E-state index < -0.39 is 0 Å². The molecule has 0 saturated heterocycles. The molecule has 1 atom stereocenters. The summed E-state index contributed by atoms with van der Waals surface area (Å²) in [6.45, 7) is 7.29. The number of aryl methyl sites for hydroxylation is 1. The molecule has 0 spiro atoms. The van der Waals surface area contributed by atoms with Gasteiger partial charge in [-0.15, -0.1) is 0 Å². The van der Waals surface area contributed by atoms with Crippen molar-refractivity contribution in [2.45, 2.75) is 26.8 Å². The van der Waals surface area contributed by atoms with Gasteiger partial charge in [0.2, 0.25) is 0 Å². The van der Waals surface area contributed by atoms with Gasteiger partial charge >= 0.3 is 0 Å². The molecule has 106 valence electrons. The molecule has 1 unspecified atom stereocenters. The van der Waals surface area contributed by atoms with Gasteiger partial charge in [-0.05, 0) is 71.7 Å². The Morgan fingerprint density at radius 3 is 2.70 bits per heavy atom. The van der Waals surface area contributed by atoms with Crippen molar-refractivity contribution in [3.63, 3.8) is 0 Å². The van der Waals surface area contributed by atoms with Crippen LogP contribution in [0, 0.1) is 6.92 Å². The maximum Gasteiger partial charge on any atom is 0.141 e. The third-order valence-electron chi connectivity index (χ3n) is 3.18. The zero-order valence-corrected chi connectivity index (χ0v) is 13.7. The van der Waals surface area contributed by atoms with Gasteiger partial charge in [0, 0.05) is 6.04 Å². The molecule has 1 N–H and O–H groups in total. The predicted octanol–water partition coefficient (Wildman–Crippen LogP) is 5.22. The van der Waals surface area contributed by atoms with Gasteiger partial charge in [0.15, 0.2) is 0 Å². The number of halogens is 1. The molecule has 0 aliphatic carbocycles. The van der Waals surface area contributed by atoms with Crippen LogP contribution in [0.2, 0.25) is 0 Å². The smallest absolute Gasteiger partial charge is 0.141 e. The Hall–Kier alpha value is -1.32. The van der Waals surface area contributed by atoms with Gasteiger partial charge in [-0.1, -0.05) is 25.1 Å². The second kappa shape index (κ2) is 6.91. The number of hydrogen-bond donors (Lipinski definition) is 1. The van der Waals surface area contributed by atoms with E-state index in [4.69, 9.17) is 4.74 Å². The zero-order valence-electron chi connectivity index (χ0n) is 12.1. The second-order valence-electron chi connectivity index (χ2n) is 4.89. The molecule has 0 saturated carbocycles. The molecular weight excluding hydrogens is 314 g/mol. The third-order valence-corrected chi connectivity index (χ3v) is 3.80. The molecule has 2 aromatic rings. The van der Waals surface area contributed by atoms with E-state index in [2.05, 4.69) is 60.2 Å². The van der Waals surface area contributed by atoms with Crippen LogP contribution in [0.1, 0.15) is 31.0 Å². The Kier molecular flexibility index (Phi) is 5.21. The third kappa shape index (κ3) is 3.84. The average molecular weight is 334 g/mol. The molecule has 3 heteroatoms. The molecular formula is C17H20BrNO. The molecule has 0 fully saturated rings. The van der Waals surface area contributed by atoms with Gasteiger partial charge < -0.3 is 10.1 Å². The standard InChI is InChI=1S/C17H20BrNO/c1-4-19-13(3)14-6-5-7-15(11-14)20-17-9-8-12(2)10-16(17)18/h5-11,13,19H,4H2,1-3H3. The van der Waals surface area contributed by atoms with Crippen LogP contribution in [0.25, 0.3) is 0 Å². The highest BCUT2D eigenvalue weighted by Gasteiger charge is 2.07. The minimum absolute atomic E-state index is 0.324. The van der Waals surface area contributed by atoms with Gasteiger partial charge in [0.05, 0.1) is 4.47 Å². The quantitative estimate of drug-likeness (QED) is 0.809. The van der Waals surface area contributed by atoms with Crippen molar-refractivity contribution in [3.8, 4) is 11.5 Å². The summed E-state index contributed by atoms with van der Waals surface area (Å²) in [6.07, 6.45) is 0. The minimum Gasteiger partial charge on any atom is -0.456 e. The molecule has 0 heterocycles. The molecule has 0 aromatic heterocycles. The SMILES string of the molecule is CCNC(C)c1cccc(Oc2ccc(C)cc2Br)c1. The van der Waals surface area contributed by atoms with Gasteiger partial charge in [0.25, 0.3) is 0 Å². The van der Waals surface area contributed by atoms with Crippen molar-refractivity contribution in [3.05, 3.63) is 58.1 Å². The van der Waals surface area contributed by atoms with Crippen LogP contribution < -0.4 is 10.1 Å². The Bertz CT molecular complexity index is 583. The number of rotatable bonds is 5. The second-order valence-corrected chi connectivity index (χ2v) is 5.74. The van der Waals surface area contributed by atoms with E-state index in [1.54, 1.807) is 0 Å². The minimum atomic E-state index is 0.324. The molecule has 20 heavy (non-hydrogen) atoms. The summed E-state index contributed by atoms with van der Waals surface area (Å²) in [5, 5.41) is 3.41. The van der Waals surface area contributed by atoms with Crippen molar-refractivity contribution in [1.29, 1.82) is 0 Å². The van der Waals surface area contributed by atoms with Crippen LogP contribution in [-0.2, 0) is 0 Å². The molecule has 0 aliphatic rings. The van der Waals surface area contributed by atoms with E-state index >= 15 is 0 Å². The highest BCUT2D eigenvalue weighted by Crippen LogP contribution is 2.31. The lowest BCUT2D eigenvalue weighted by Crippen LogP contribution is -2.17. The van der Waals surface area contributed by atoms with E-state index in [1.807, 2.05) is 24.3 Å². The van der Waals surface area contributed by atoms with Crippen molar-refractivity contribution >= 4 is 15.9 Å². The monoisotopic (exact) mass is 333 g/mol. The predicted molar refractivity (Wildman–Crippen MR) is 87.5 cm³/mol. The first-order valence-corrected chi connectivity index (χ1v) is 7.66. The van der Waals surface area contributed by atoms with Crippen molar-refractivity contribution in [2.24, 2.45) is 0 Å². The number of hydrogen-bond acceptors (Lipinski definition) is 2. The zero-order chi connectivity index (χ0) is 14.5. The van der Waals surface area contributed by atoms with Crippen LogP contribution in [0.5, 0.6) is 11.5 Å². The molecule has 2 nitrogen and oxygen atoms in total. The van der Waals surface area contributed by atoms with Crippen molar-refractivity contribution < 1.29 is 4.74 Å². The summed E-state index contributed by atoms with van der Waals surface area (Å²) in [7, 11) is 0. The molecule has 0 radical (unpaired) electrons. The lowest BCUT2D eigenvalue weighted by molar-refractivity contribution is 0.477. The summed E-state index contributed by atoms with van der Waals surface area (Å²) in [5.41, 5.74) is 2.44. The average Bonchev–Trinajstić information content (AvgIpc) is 2.43. The highest BCUT2D eigenvalue weighted by molar-refractivity contribution is 9.10. The first-order valence-electron chi connectivity index (χ1n) is 6.87. The van der Waals surface area contributed by atoms with E-state index in [-0.39, 0.29) is 0 Å². The number of nitrogens with one attached hydrogen (secondary N) is 1. The van der Waals surface area contributed by atoms with Crippen LogP contribution in [0.4, 0.5) is 0 Å². The normalized spacial score (nSPS) is 12.2. The Morgan fingerprint density at radius 2 is 2.00 bits per heavy atom.